The Labute approximate surface area is 124 Å². The molecule has 11 heteroatoms. The summed E-state index contributed by atoms with van der Waals surface area (Å²) in [5.74, 6) is -1.31. The molecule has 0 aliphatic carbocycles. The summed E-state index contributed by atoms with van der Waals surface area (Å²) in [7, 11) is -4.42. The van der Waals surface area contributed by atoms with Gasteiger partial charge in [-0.15, -0.1) is 0 Å². The zero-order valence-corrected chi connectivity index (χ0v) is 12.1. The van der Waals surface area contributed by atoms with E-state index in [4.69, 9.17) is 14.6 Å². The van der Waals surface area contributed by atoms with Crippen LogP contribution < -0.4 is 14.2 Å². The molecule has 120 valence electrons. The van der Waals surface area contributed by atoms with E-state index in [2.05, 4.69) is 0 Å². The van der Waals surface area contributed by atoms with E-state index < -0.39 is 37.5 Å². The highest BCUT2D eigenvalue weighted by atomic mass is 32.2. The third kappa shape index (κ3) is 3.09. The number of hydrogen-bond acceptors (Lipinski definition) is 7. The first-order valence-electron chi connectivity index (χ1n) is 6.05. The number of carboxylic acids is 1. The molecule has 2 rings (SSSR count). The minimum Gasteiger partial charge on any atom is -0.486 e. The largest absolute Gasteiger partial charge is 0.486 e. The lowest BCUT2D eigenvalue weighted by atomic mass is 10.2. The van der Waals surface area contributed by atoms with Gasteiger partial charge in [0.15, 0.2) is 16.4 Å². The summed E-state index contributed by atoms with van der Waals surface area (Å²) >= 11 is 0. The quantitative estimate of drug-likeness (QED) is 0.571. The molecule has 0 aromatic heterocycles. The maximum absolute atomic E-state index is 12.2. The summed E-state index contributed by atoms with van der Waals surface area (Å²) in [6.45, 7) is 1.46. The van der Waals surface area contributed by atoms with Crippen molar-refractivity contribution in [3.8, 4) is 11.5 Å². The van der Waals surface area contributed by atoms with Gasteiger partial charge in [-0.3, -0.25) is 14.9 Å². The Hall–Kier alpha value is -2.40. The number of nitro benzene ring substituents is 1. The molecular weight excluding hydrogens is 320 g/mol. The molecule has 22 heavy (non-hydrogen) atoms. The van der Waals surface area contributed by atoms with Gasteiger partial charge in [0.25, 0.3) is 5.69 Å². The molecular formula is C11H12N2O8S. The average molecular weight is 332 g/mol. The van der Waals surface area contributed by atoms with Gasteiger partial charge < -0.3 is 14.6 Å². The van der Waals surface area contributed by atoms with Gasteiger partial charge in [0.2, 0.25) is 10.0 Å². The second-order valence-corrected chi connectivity index (χ2v) is 6.08. The van der Waals surface area contributed by atoms with Gasteiger partial charge >= 0.3 is 5.97 Å². The molecule has 0 fully saturated rings. The van der Waals surface area contributed by atoms with Gasteiger partial charge in [0, 0.05) is 6.07 Å². The lowest BCUT2D eigenvalue weighted by molar-refractivity contribution is -0.388. The van der Waals surface area contributed by atoms with Crippen LogP contribution in [0.5, 0.6) is 11.5 Å². The van der Waals surface area contributed by atoms with E-state index in [0.717, 1.165) is 19.1 Å². The van der Waals surface area contributed by atoms with Gasteiger partial charge in [-0.25, -0.2) is 8.42 Å². The predicted octanol–water partition coefficient (Wildman–Crippen LogP) is 0.117. The molecule has 1 atom stereocenters. The van der Waals surface area contributed by atoms with Crippen LogP contribution >= 0.6 is 0 Å². The van der Waals surface area contributed by atoms with Crippen molar-refractivity contribution in [3.63, 3.8) is 0 Å². The number of nitrogens with zero attached hydrogens (tertiary/aromatic N) is 1. The average Bonchev–Trinajstić information content (AvgIpc) is 2.45. The molecule has 0 amide bonds. The number of carbonyl (C=O) groups is 1. The topological polar surface area (TPSA) is 145 Å². The van der Waals surface area contributed by atoms with Crippen LogP contribution in [0.1, 0.15) is 6.92 Å². The number of hydrogen-bond donors (Lipinski definition) is 2. The lowest BCUT2D eigenvalue weighted by Gasteiger charge is -2.19. The van der Waals surface area contributed by atoms with Gasteiger partial charge in [0.05, 0.1) is 11.0 Å². The lowest BCUT2D eigenvalue weighted by Crippen LogP contribution is -2.38. The first kappa shape index (κ1) is 16.0. The smallest absolute Gasteiger partial charge is 0.321 e. The Morgan fingerprint density at radius 2 is 1.91 bits per heavy atom. The second-order valence-electron chi connectivity index (χ2n) is 4.40. The maximum Gasteiger partial charge on any atom is 0.321 e. The number of nitro groups is 1. The fourth-order valence-corrected chi connectivity index (χ4v) is 3.13. The number of rotatable bonds is 5. The van der Waals surface area contributed by atoms with Crippen LogP contribution in [-0.4, -0.2) is 43.7 Å². The van der Waals surface area contributed by atoms with Crippen molar-refractivity contribution in [1.29, 1.82) is 0 Å². The normalized spacial score (nSPS) is 15.1. The number of fused-ring (bicyclic) bond motifs is 1. The van der Waals surface area contributed by atoms with Crippen LogP contribution in [0.2, 0.25) is 0 Å². The SMILES string of the molecule is C[C@H](NS(=O)(=O)c1cc2c(cc1[N+](=O)[O-])OCCO2)C(=O)O. The second kappa shape index (κ2) is 5.77. The van der Waals surface area contributed by atoms with E-state index in [1.54, 1.807) is 0 Å². The predicted molar refractivity (Wildman–Crippen MR) is 71.5 cm³/mol. The highest BCUT2D eigenvalue weighted by molar-refractivity contribution is 7.89. The molecule has 0 unspecified atom stereocenters. The third-order valence-corrected chi connectivity index (χ3v) is 4.38. The molecule has 2 N–H and O–H groups in total. The number of aliphatic carboxylic acids is 1. The van der Waals surface area contributed by atoms with Gasteiger partial charge in [-0.2, -0.15) is 4.72 Å². The van der Waals surface area contributed by atoms with E-state index in [0.29, 0.717) is 0 Å². The minimum atomic E-state index is -4.42. The summed E-state index contributed by atoms with van der Waals surface area (Å²) < 4.78 is 36.6. The fourth-order valence-electron chi connectivity index (χ4n) is 1.76. The zero-order valence-electron chi connectivity index (χ0n) is 11.3. The number of nitrogens with one attached hydrogen (secondary N) is 1. The summed E-state index contributed by atoms with van der Waals surface area (Å²) in [6, 6.07) is 0.440. The minimum absolute atomic E-state index is 0.0419. The van der Waals surface area contributed by atoms with Crippen molar-refractivity contribution in [2.75, 3.05) is 13.2 Å². The first-order chi connectivity index (χ1) is 10.2. The van der Waals surface area contributed by atoms with Crippen molar-refractivity contribution in [2.45, 2.75) is 17.9 Å². The zero-order chi connectivity index (χ0) is 16.5. The molecule has 0 bridgehead atoms. The Balaban J connectivity index is 2.53. The molecule has 1 aromatic rings. The van der Waals surface area contributed by atoms with Crippen molar-refractivity contribution >= 4 is 21.7 Å². The van der Waals surface area contributed by atoms with E-state index in [-0.39, 0.29) is 24.7 Å². The number of benzene rings is 1. The standard InChI is InChI=1S/C11H12N2O8S/c1-6(11(14)15)12-22(18,19)10-5-9-8(20-2-3-21-9)4-7(10)13(16)17/h4-6,12H,2-3H2,1H3,(H,14,15)/t6-/m0/s1. The molecule has 0 spiro atoms. The van der Waals surface area contributed by atoms with E-state index in [1.165, 1.54) is 0 Å². The van der Waals surface area contributed by atoms with Gasteiger partial charge in [-0.05, 0) is 6.92 Å². The molecule has 1 aromatic carbocycles. The van der Waals surface area contributed by atoms with Crippen molar-refractivity contribution in [1.82, 2.24) is 4.72 Å². The summed E-state index contributed by atoms with van der Waals surface area (Å²) in [6.07, 6.45) is 0. The third-order valence-electron chi connectivity index (χ3n) is 2.81. The highest BCUT2D eigenvalue weighted by Crippen LogP contribution is 2.38. The summed E-state index contributed by atoms with van der Waals surface area (Å²) in [5.41, 5.74) is -0.727. The van der Waals surface area contributed by atoms with Crippen LogP contribution in [-0.2, 0) is 14.8 Å². The molecule has 1 aliphatic heterocycles. The van der Waals surface area contributed by atoms with Crippen LogP contribution in [0.25, 0.3) is 0 Å². The number of sulfonamides is 1. The Morgan fingerprint density at radius 3 is 2.41 bits per heavy atom. The Kier molecular flexibility index (Phi) is 4.19. The molecule has 1 heterocycles. The molecule has 0 saturated heterocycles. The highest BCUT2D eigenvalue weighted by Gasteiger charge is 2.32. The molecule has 10 nitrogen and oxygen atoms in total. The fraction of sp³-hybridized carbons (Fsp3) is 0.364. The van der Waals surface area contributed by atoms with Crippen LogP contribution in [0.4, 0.5) is 5.69 Å². The van der Waals surface area contributed by atoms with Crippen LogP contribution in [0, 0.1) is 10.1 Å². The van der Waals surface area contributed by atoms with E-state index >= 15 is 0 Å². The van der Waals surface area contributed by atoms with Crippen molar-refractivity contribution < 1.29 is 32.7 Å². The van der Waals surface area contributed by atoms with Crippen molar-refractivity contribution in [3.05, 3.63) is 22.2 Å². The maximum atomic E-state index is 12.2. The Bertz CT molecular complexity index is 730. The number of carboxylic acid groups (broad SMARTS) is 1. The van der Waals surface area contributed by atoms with Crippen molar-refractivity contribution in [2.24, 2.45) is 0 Å². The van der Waals surface area contributed by atoms with Gasteiger partial charge in [-0.1, -0.05) is 0 Å². The number of ether oxygens (including phenoxy) is 2. The van der Waals surface area contributed by atoms with Gasteiger partial charge in [0.1, 0.15) is 19.3 Å². The molecule has 1 aliphatic rings. The summed E-state index contributed by atoms with van der Waals surface area (Å²) in [4.78, 5) is 20.3. The van der Waals surface area contributed by atoms with Crippen LogP contribution in [0.15, 0.2) is 17.0 Å². The molecule has 0 radical (unpaired) electrons. The Morgan fingerprint density at radius 1 is 1.36 bits per heavy atom. The van der Waals surface area contributed by atoms with E-state index in [9.17, 15) is 23.3 Å². The first-order valence-corrected chi connectivity index (χ1v) is 7.54. The molecule has 0 saturated carbocycles. The monoisotopic (exact) mass is 332 g/mol. The van der Waals surface area contributed by atoms with E-state index in [1.807, 2.05) is 4.72 Å². The van der Waals surface area contributed by atoms with Crippen LogP contribution in [0.3, 0.4) is 0 Å². The summed E-state index contributed by atoms with van der Waals surface area (Å²) in [5, 5.41) is 19.8.